The minimum Gasteiger partial charge on any atom is -0.481 e. The van der Waals surface area contributed by atoms with E-state index in [2.05, 4.69) is 14.9 Å². The lowest BCUT2D eigenvalue weighted by Crippen LogP contribution is -2.42. The summed E-state index contributed by atoms with van der Waals surface area (Å²) in [5.74, 6) is 2.24. The van der Waals surface area contributed by atoms with Crippen LogP contribution in [-0.4, -0.2) is 81.5 Å². The summed E-state index contributed by atoms with van der Waals surface area (Å²) in [5.41, 5.74) is 0. The summed E-state index contributed by atoms with van der Waals surface area (Å²) in [7, 11) is 4.56. The van der Waals surface area contributed by atoms with Crippen LogP contribution in [0.3, 0.4) is 0 Å². The van der Waals surface area contributed by atoms with E-state index in [4.69, 9.17) is 9.47 Å². The van der Waals surface area contributed by atoms with E-state index in [9.17, 15) is 8.42 Å². The molecule has 1 aliphatic carbocycles. The van der Waals surface area contributed by atoms with Gasteiger partial charge in [-0.2, -0.15) is 27.0 Å². The largest absolute Gasteiger partial charge is 0.481 e. The molecule has 1 aromatic heterocycles. The number of aromatic nitrogens is 2. The zero-order valence-corrected chi connectivity index (χ0v) is 17.4. The monoisotopic (exact) mass is 399 g/mol. The van der Waals surface area contributed by atoms with E-state index in [1.165, 1.54) is 15.7 Å². The predicted molar refractivity (Wildman–Crippen MR) is 102 cm³/mol. The first-order valence-corrected chi connectivity index (χ1v) is 10.5. The van der Waals surface area contributed by atoms with Crippen LogP contribution in [0, 0.1) is 11.8 Å². The van der Waals surface area contributed by atoms with Crippen LogP contribution in [0.25, 0.3) is 0 Å². The molecule has 152 valence electrons. The zero-order chi connectivity index (χ0) is 19.8. The van der Waals surface area contributed by atoms with Crippen molar-refractivity contribution in [2.75, 3.05) is 53.4 Å². The van der Waals surface area contributed by atoms with E-state index in [0.29, 0.717) is 17.7 Å². The maximum absolute atomic E-state index is 12.4. The first-order valence-electron chi connectivity index (χ1n) is 9.13. The summed E-state index contributed by atoms with van der Waals surface area (Å²) in [6.45, 7) is 1.72. The summed E-state index contributed by atoms with van der Waals surface area (Å²) in [4.78, 5) is 10.8. The molecule has 3 atom stereocenters. The lowest BCUT2D eigenvalue weighted by atomic mass is 9.89. The molecule has 0 radical (unpaired) electrons. The zero-order valence-electron chi connectivity index (χ0n) is 16.6. The predicted octanol–water partition coefficient (Wildman–Crippen LogP) is 0.837. The first-order chi connectivity index (χ1) is 12.8. The molecular formula is C17H29N5O4S. The molecule has 0 aromatic carbocycles. The third kappa shape index (κ3) is 3.97. The van der Waals surface area contributed by atoms with Gasteiger partial charge in [0.05, 0.1) is 14.2 Å². The van der Waals surface area contributed by atoms with Crippen molar-refractivity contribution in [1.29, 1.82) is 0 Å². The number of hydrogen-bond acceptors (Lipinski definition) is 7. The molecule has 27 heavy (non-hydrogen) atoms. The van der Waals surface area contributed by atoms with Crippen molar-refractivity contribution in [2.24, 2.45) is 11.8 Å². The second-order valence-corrected chi connectivity index (χ2v) is 9.64. The number of anilines is 1. The molecule has 2 fully saturated rings. The topological polar surface area (TPSA) is 88.1 Å². The number of methoxy groups -OCH3 is 2. The lowest BCUT2D eigenvalue weighted by Gasteiger charge is -2.35. The van der Waals surface area contributed by atoms with E-state index in [0.717, 1.165) is 38.2 Å². The Labute approximate surface area is 161 Å². The third-order valence-electron chi connectivity index (χ3n) is 5.76. The van der Waals surface area contributed by atoms with Crippen molar-refractivity contribution < 1.29 is 17.9 Å². The van der Waals surface area contributed by atoms with E-state index in [1.807, 2.05) is 6.07 Å². The smallest absolute Gasteiger partial charge is 0.321 e. The SMILES string of the molecule is COc1cc(N2CC[C@@H]3C[C@H](N(C)S(=O)(=O)N(C)C)C[C@@H]3C2)nc(OC)n1. The van der Waals surface area contributed by atoms with Gasteiger partial charge in [-0.3, -0.25) is 0 Å². The van der Waals surface area contributed by atoms with Crippen molar-refractivity contribution in [1.82, 2.24) is 18.6 Å². The van der Waals surface area contributed by atoms with Crippen molar-refractivity contribution in [3.05, 3.63) is 6.07 Å². The normalized spacial score (nSPS) is 25.7. The Bertz CT molecular complexity index is 750. The molecule has 0 amide bonds. The highest BCUT2D eigenvalue weighted by atomic mass is 32.2. The van der Waals surface area contributed by atoms with E-state index >= 15 is 0 Å². The van der Waals surface area contributed by atoms with Crippen LogP contribution in [0.5, 0.6) is 11.9 Å². The average Bonchev–Trinajstić information content (AvgIpc) is 3.09. The highest BCUT2D eigenvalue weighted by Crippen LogP contribution is 2.41. The maximum atomic E-state index is 12.4. The highest BCUT2D eigenvalue weighted by molar-refractivity contribution is 7.86. The molecular weight excluding hydrogens is 370 g/mol. The molecule has 0 bridgehead atoms. The van der Waals surface area contributed by atoms with Gasteiger partial charge in [-0.05, 0) is 31.1 Å². The second-order valence-electron chi connectivity index (χ2n) is 7.44. The van der Waals surface area contributed by atoms with Gasteiger partial charge in [-0.1, -0.05) is 0 Å². The van der Waals surface area contributed by atoms with Crippen LogP contribution in [0.15, 0.2) is 6.07 Å². The number of nitrogens with zero attached hydrogens (tertiary/aromatic N) is 5. The molecule has 10 heteroatoms. The Morgan fingerprint density at radius 2 is 1.81 bits per heavy atom. The summed E-state index contributed by atoms with van der Waals surface area (Å²) in [5, 5.41) is 0. The fourth-order valence-corrected chi connectivity index (χ4v) is 5.22. The fraction of sp³-hybridized carbons (Fsp3) is 0.765. The molecule has 1 saturated carbocycles. The quantitative estimate of drug-likeness (QED) is 0.700. The Balaban J connectivity index is 1.72. The number of rotatable bonds is 6. The molecule has 2 heterocycles. The minimum atomic E-state index is -3.39. The molecule has 2 aliphatic rings. The molecule has 1 saturated heterocycles. The molecule has 3 rings (SSSR count). The average molecular weight is 400 g/mol. The number of hydrogen-bond donors (Lipinski definition) is 0. The van der Waals surface area contributed by atoms with Crippen LogP contribution in [0.2, 0.25) is 0 Å². The van der Waals surface area contributed by atoms with Gasteiger partial charge in [0.25, 0.3) is 10.2 Å². The van der Waals surface area contributed by atoms with E-state index < -0.39 is 10.2 Å². The minimum absolute atomic E-state index is 0.0434. The Hall–Kier alpha value is -1.65. The molecule has 0 N–H and O–H groups in total. The first kappa shape index (κ1) is 20.1. The Kier molecular flexibility index (Phi) is 5.78. The Morgan fingerprint density at radius 3 is 2.44 bits per heavy atom. The van der Waals surface area contributed by atoms with Crippen molar-refractivity contribution in [3.63, 3.8) is 0 Å². The van der Waals surface area contributed by atoms with E-state index in [-0.39, 0.29) is 12.1 Å². The second kappa shape index (κ2) is 7.76. The van der Waals surface area contributed by atoms with Gasteiger partial charge in [0.1, 0.15) is 5.82 Å². The van der Waals surface area contributed by atoms with Gasteiger partial charge in [-0.15, -0.1) is 0 Å². The van der Waals surface area contributed by atoms with E-state index in [1.54, 1.807) is 28.3 Å². The van der Waals surface area contributed by atoms with Gasteiger partial charge >= 0.3 is 6.01 Å². The van der Waals surface area contributed by atoms with Crippen LogP contribution in [-0.2, 0) is 10.2 Å². The Morgan fingerprint density at radius 1 is 1.11 bits per heavy atom. The van der Waals surface area contributed by atoms with Crippen LogP contribution < -0.4 is 14.4 Å². The van der Waals surface area contributed by atoms with Crippen LogP contribution in [0.4, 0.5) is 5.82 Å². The standard InChI is InChI=1S/C17H29N5O4S/c1-20(2)27(23,24)21(3)14-8-12-6-7-22(11-13(12)9-14)15-10-16(25-4)19-17(18-15)26-5/h10,12-14H,6-9,11H2,1-5H3/t12-,13-,14+/m1/s1. The molecule has 1 aliphatic heterocycles. The van der Waals surface area contributed by atoms with Crippen LogP contribution in [0.1, 0.15) is 19.3 Å². The number of fused-ring (bicyclic) bond motifs is 1. The van der Waals surface area contributed by atoms with Crippen molar-refractivity contribution in [3.8, 4) is 11.9 Å². The van der Waals surface area contributed by atoms with Crippen molar-refractivity contribution in [2.45, 2.75) is 25.3 Å². The van der Waals surface area contributed by atoms with Gasteiger partial charge in [0.15, 0.2) is 0 Å². The molecule has 9 nitrogen and oxygen atoms in total. The number of ether oxygens (including phenoxy) is 2. The number of piperidine rings is 1. The maximum Gasteiger partial charge on any atom is 0.321 e. The van der Waals surface area contributed by atoms with Crippen molar-refractivity contribution >= 4 is 16.0 Å². The molecule has 1 aromatic rings. The van der Waals surface area contributed by atoms with Gasteiger partial charge < -0.3 is 14.4 Å². The third-order valence-corrected chi connectivity index (χ3v) is 7.71. The van der Waals surface area contributed by atoms with Crippen LogP contribution >= 0.6 is 0 Å². The summed E-state index contributed by atoms with van der Waals surface area (Å²) in [6.07, 6.45) is 2.80. The lowest BCUT2D eigenvalue weighted by molar-refractivity contribution is 0.318. The summed E-state index contributed by atoms with van der Waals surface area (Å²) in [6, 6.07) is 2.15. The summed E-state index contributed by atoms with van der Waals surface area (Å²) >= 11 is 0. The molecule has 0 unspecified atom stereocenters. The van der Waals surface area contributed by atoms with Gasteiger partial charge in [0.2, 0.25) is 5.88 Å². The highest BCUT2D eigenvalue weighted by Gasteiger charge is 2.42. The van der Waals surface area contributed by atoms with Gasteiger partial charge in [-0.25, -0.2) is 0 Å². The van der Waals surface area contributed by atoms with Gasteiger partial charge in [0, 0.05) is 46.3 Å². The summed E-state index contributed by atoms with van der Waals surface area (Å²) < 4.78 is 38.1. The fourth-order valence-electron chi connectivity index (χ4n) is 4.15. The molecule has 0 spiro atoms.